The highest BCUT2D eigenvalue weighted by Crippen LogP contribution is 2.22. The van der Waals surface area contributed by atoms with E-state index in [1.54, 1.807) is 0 Å². The van der Waals surface area contributed by atoms with Gasteiger partial charge in [0.05, 0.1) is 5.69 Å². The quantitative estimate of drug-likeness (QED) is 0.799. The zero-order valence-electron chi connectivity index (χ0n) is 9.61. The van der Waals surface area contributed by atoms with Crippen LogP contribution in [0, 0.1) is 6.92 Å². The van der Waals surface area contributed by atoms with Gasteiger partial charge in [0, 0.05) is 5.92 Å². The van der Waals surface area contributed by atoms with Crippen LogP contribution in [0.15, 0.2) is 24.3 Å². The van der Waals surface area contributed by atoms with Gasteiger partial charge in [-0.15, -0.1) is 10.2 Å². The Bertz CT molecular complexity index is 503. The highest BCUT2D eigenvalue weighted by Gasteiger charge is 2.14. The molecular weight excluding hydrogens is 222 g/mol. The van der Waals surface area contributed by atoms with E-state index in [9.17, 15) is 0 Å². The van der Waals surface area contributed by atoms with Crippen LogP contribution in [0.25, 0.3) is 5.69 Å². The Morgan fingerprint density at radius 1 is 1.25 bits per heavy atom. The molecule has 0 bridgehead atoms. The summed E-state index contributed by atoms with van der Waals surface area (Å²) in [6.45, 7) is 6.20. The zero-order valence-corrected chi connectivity index (χ0v) is 10.4. The van der Waals surface area contributed by atoms with Gasteiger partial charge in [-0.25, -0.2) is 0 Å². The monoisotopic (exact) mass is 235 g/mol. The lowest BCUT2D eigenvalue weighted by atomic mass is 10.2. The molecular formula is C12H14ClN3. The first-order chi connectivity index (χ1) is 7.59. The summed E-state index contributed by atoms with van der Waals surface area (Å²) < 4.78 is 1.89. The minimum atomic E-state index is 0.292. The Kier molecular flexibility index (Phi) is 2.97. The number of nitrogens with zero attached hydrogens (tertiary/aromatic N) is 3. The van der Waals surface area contributed by atoms with Gasteiger partial charge >= 0.3 is 0 Å². The van der Waals surface area contributed by atoms with Crippen molar-refractivity contribution in [3.8, 4) is 5.69 Å². The van der Waals surface area contributed by atoms with Gasteiger partial charge in [-0.2, -0.15) is 0 Å². The molecule has 1 aromatic heterocycles. The van der Waals surface area contributed by atoms with E-state index < -0.39 is 0 Å². The second-order valence-electron chi connectivity index (χ2n) is 4.16. The molecule has 0 atom stereocenters. The summed E-state index contributed by atoms with van der Waals surface area (Å²) in [7, 11) is 0. The molecule has 2 rings (SSSR count). The van der Waals surface area contributed by atoms with E-state index in [0.717, 1.165) is 11.5 Å². The number of aryl methyl sites for hydroxylation is 1. The minimum absolute atomic E-state index is 0.292. The number of rotatable bonds is 2. The van der Waals surface area contributed by atoms with Crippen molar-refractivity contribution in [3.63, 3.8) is 0 Å². The first-order valence-corrected chi connectivity index (χ1v) is 5.65. The van der Waals surface area contributed by atoms with Crippen LogP contribution in [0.1, 0.15) is 31.2 Å². The Morgan fingerprint density at radius 3 is 2.62 bits per heavy atom. The third kappa shape index (κ3) is 1.95. The Morgan fingerprint density at radius 2 is 2.00 bits per heavy atom. The minimum Gasteiger partial charge on any atom is -0.270 e. The maximum Gasteiger partial charge on any atom is 0.229 e. The molecule has 3 nitrogen and oxygen atoms in total. The lowest BCUT2D eigenvalue weighted by Crippen LogP contribution is -2.03. The fraction of sp³-hybridized carbons (Fsp3) is 0.333. The van der Waals surface area contributed by atoms with Gasteiger partial charge in [0.2, 0.25) is 5.28 Å². The number of halogens is 1. The smallest absolute Gasteiger partial charge is 0.229 e. The van der Waals surface area contributed by atoms with Crippen LogP contribution in [0.4, 0.5) is 0 Å². The van der Waals surface area contributed by atoms with E-state index in [1.165, 1.54) is 5.56 Å². The molecule has 0 radical (unpaired) electrons. The van der Waals surface area contributed by atoms with E-state index in [2.05, 4.69) is 43.1 Å². The van der Waals surface area contributed by atoms with Gasteiger partial charge in [0.15, 0.2) is 0 Å². The summed E-state index contributed by atoms with van der Waals surface area (Å²) in [5.41, 5.74) is 2.20. The molecule has 0 saturated heterocycles. The van der Waals surface area contributed by atoms with Crippen LogP contribution in [-0.2, 0) is 0 Å². The Hall–Kier alpha value is -1.35. The van der Waals surface area contributed by atoms with Crippen LogP contribution < -0.4 is 0 Å². The topological polar surface area (TPSA) is 30.7 Å². The van der Waals surface area contributed by atoms with Crippen molar-refractivity contribution in [3.05, 3.63) is 40.9 Å². The fourth-order valence-electron chi connectivity index (χ4n) is 1.66. The summed E-state index contributed by atoms with van der Waals surface area (Å²) in [4.78, 5) is 0. The lowest BCUT2D eigenvalue weighted by molar-refractivity contribution is 0.745. The standard InChI is InChI=1S/C12H14ClN3/c1-8(2)11-14-15-12(13)16(11)10-6-4-5-9(3)7-10/h4-8H,1-3H3. The molecule has 16 heavy (non-hydrogen) atoms. The molecule has 0 spiro atoms. The maximum atomic E-state index is 6.07. The van der Waals surface area contributed by atoms with Crippen LogP contribution in [0.5, 0.6) is 0 Å². The molecule has 0 unspecified atom stereocenters. The van der Waals surface area contributed by atoms with Crippen LogP contribution in [0.2, 0.25) is 5.28 Å². The predicted octanol–water partition coefficient (Wildman–Crippen LogP) is 3.35. The second-order valence-corrected chi connectivity index (χ2v) is 4.49. The summed E-state index contributed by atoms with van der Waals surface area (Å²) in [6, 6.07) is 8.14. The van der Waals surface area contributed by atoms with Crippen molar-refractivity contribution < 1.29 is 0 Å². The van der Waals surface area contributed by atoms with Gasteiger partial charge in [-0.05, 0) is 36.2 Å². The van der Waals surface area contributed by atoms with E-state index >= 15 is 0 Å². The fourth-order valence-corrected chi connectivity index (χ4v) is 1.88. The molecule has 4 heteroatoms. The molecule has 0 aliphatic rings. The van der Waals surface area contributed by atoms with Gasteiger partial charge in [-0.3, -0.25) is 4.57 Å². The molecule has 0 N–H and O–H groups in total. The molecule has 0 fully saturated rings. The first-order valence-electron chi connectivity index (χ1n) is 5.27. The first kappa shape index (κ1) is 11.1. The molecule has 1 heterocycles. The van der Waals surface area contributed by atoms with Crippen LogP contribution >= 0.6 is 11.6 Å². The molecule has 84 valence electrons. The molecule has 0 aliphatic carbocycles. The molecule has 2 aromatic rings. The number of hydrogen-bond acceptors (Lipinski definition) is 2. The summed E-state index contributed by atoms with van der Waals surface area (Å²) in [6.07, 6.45) is 0. The third-order valence-corrected chi connectivity index (χ3v) is 2.67. The van der Waals surface area contributed by atoms with Gasteiger partial charge < -0.3 is 0 Å². The van der Waals surface area contributed by atoms with Gasteiger partial charge in [-0.1, -0.05) is 26.0 Å². The highest BCUT2D eigenvalue weighted by atomic mass is 35.5. The number of benzene rings is 1. The van der Waals surface area contributed by atoms with E-state index in [1.807, 2.05) is 16.7 Å². The Labute approximate surface area is 100 Å². The van der Waals surface area contributed by atoms with Crippen LogP contribution in [0.3, 0.4) is 0 Å². The average Bonchev–Trinajstić information content (AvgIpc) is 2.60. The van der Waals surface area contributed by atoms with E-state index in [4.69, 9.17) is 11.6 Å². The lowest BCUT2D eigenvalue weighted by Gasteiger charge is -2.10. The normalized spacial score (nSPS) is 11.1. The van der Waals surface area contributed by atoms with Crippen molar-refractivity contribution in [1.29, 1.82) is 0 Å². The highest BCUT2D eigenvalue weighted by molar-refractivity contribution is 6.28. The molecule has 0 saturated carbocycles. The van der Waals surface area contributed by atoms with Crippen LogP contribution in [-0.4, -0.2) is 14.8 Å². The molecule has 0 amide bonds. The SMILES string of the molecule is Cc1cccc(-n2c(Cl)nnc2C(C)C)c1. The number of aromatic nitrogens is 3. The summed E-state index contributed by atoms with van der Waals surface area (Å²) in [5, 5.41) is 8.44. The van der Waals surface area contributed by atoms with Crippen molar-refractivity contribution in [2.75, 3.05) is 0 Å². The van der Waals surface area contributed by atoms with Crippen molar-refractivity contribution in [1.82, 2.24) is 14.8 Å². The average molecular weight is 236 g/mol. The largest absolute Gasteiger partial charge is 0.270 e. The third-order valence-electron chi connectivity index (χ3n) is 2.42. The zero-order chi connectivity index (χ0) is 11.7. The van der Waals surface area contributed by atoms with Crippen molar-refractivity contribution in [2.45, 2.75) is 26.7 Å². The van der Waals surface area contributed by atoms with Gasteiger partial charge in [0.25, 0.3) is 0 Å². The van der Waals surface area contributed by atoms with Crippen molar-refractivity contribution in [2.24, 2.45) is 0 Å². The predicted molar refractivity (Wildman–Crippen MR) is 65.2 cm³/mol. The summed E-state index contributed by atoms with van der Waals surface area (Å²) >= 11 is 6.07. The van der Waals surface area contributed by atoms with Crippen molar-refractivity contribution >= 4 is 11.6 Å². The second kappa shape index (κ2) is 4.26. The maximum absolute atomic E-state index is 6.07. The number of hydrogen-bond donors (Lipinski definition) is 0. The van der Waals surface area contributed by atoms with Gasteiger partial charge in [0.1, 0.15) is 5.82 Å². The van der Waals surface area contributed by atoms with E-state index in [0.29, 0.717) is 11.2 Å². The summed E-state index contributed by atoms with van der Waals surface area (Å²) in [5.74, 6) is 1.18. The molecule has 0 aliphatic heterocycles. The molecule has 1 aromatic carbocycles. The van der Waals surface area contributed by atoms with E-state index in [-0.39, 0.29) is 0 Å². The Balaban J connectivity index is 2.59.